The fraction of sp³-hybridized carbons (Fsp3) is 1.00. The van der Waals surface area contributed by atoms with E-state index in [1.165, 1.54) is 6.42 Å². The SMILES string of the molecule is CCC([O][Al])C(C)CC(C)C. The van der Waals surface area contributed by atoms with Crippen molar-refractivity contribution < 1.29 is 3.79 Å². The van der Waals surface area contributed by atoms with E-state index in [4.69, 9.17) is 3.79 Å². The van der Waals surface area contributed by atoms with E-state index in [0.717, 1.165) is 12.3 Å². The van der Waals surface area contributed by atoms with E-state index in [-0.39, 0.29) is 0 Å². The molecule has 0 aliphatic heterocycles. The molecule has 0 aliphatic rings. The fourth-order valence-corrected chi connectivity index (χ4v) is 1.99. The molecule has 64 valence electrons. The highest BCUT2D eigenvalue weighted by Gasteiger charge is 2.13. The van der Waals surface area contributed by atoms with Gasteiger partial charge in [0.05, 0.1) is 0 Å². The van der Waals surface area contributed by atoms with E-state index in [1.54, 1.807) is 0 Å². The van der Waals surface area contributed by atoms with Crippen LogP contribution in [0, 0.1) is 11.8 Å². The molecule has 0 fully saturated rings. The normalized spacial score (nSPS) is 16.8. The summed E-state index contributed by atoms with van der Waals surface area (Å²) in [6.07, 6.45) is 2.78. The molecule has 0 rings (SSSR count). The second-order valence-electron chi connectivity index (χ2n) is 3.69. The second-order valence-corrected chi connectivity index (χ2v) is 3.96. The molecule has 0 N–H and O–H groups in total. The molecule has 0 heterocycles. The highest BCUT2D eigenvalue weighted by atomic mass is 27.1. The van der Waals surface area contributed by atoms with Gasteiger partial charge in [-0.05, 0) is 24.7 Å². The third kappa shape index (κ3) is 4.85. The van der Waals surface area contributed by atoms with Gasteiger partial charge in [0, 0.05) is 6.10 Å². The monoisotopic (exact) mass is 170 g/mol. The summed E-state index contributed by atoms with van der Waals surface area (Å²) in [5.41, 5.74) is 0. The lowest BCUT2D eigenvalue weighted by Crippen LogP contribution is -2.21. The molecule has 0 spiro atoms. The van der Waals surface area contributed by atoms with Crippen LogP contribution < -0.4 is 0 Å². The van der Waals surface area contributed by atoms with Crippen LogP contribution in [0.5, 0.6) is 0 Å². The van der Waals surface area contributed by atoms with Crippen molar-refractivity contribution in [3.05, 3.63) is 0 Å². The highest BCUT2D eigenvalue weighted by Crippen LogP contribution is 2.18. The van der Waals surface area contributed by atoms with Gasteiger partial charge in [-0.25, -0.2) is 0 Å². The molecule has 0 saturated carbocycles. The van der Waals surface area contributed by atoms with Crippen molar-refractivity contribution in [1.29, 1.82) is 0 Å². The molecule has 0 aromatic heterocycles. The van der Waals surface area contributed by atoms with Crippen LogP contribution >= 0.6 is 0 Å². The first-order valence-electron chi connectivity index (χ1n) is 4.47. The Morgan fingerprint density at radius 2 is 1.82 bits per heavy atom. The molecule has 11 heavy (non-hydrogen) atoms. The van der Waals surface area contributed by atoms with Crippen molar-refractivity contribution in [2.45, 2.75) is 46.6 Å². The van der Waals surface area contributed by atoms with E-state index in [0.29, 0.717) is 12.0 Å². The molecular formula is C9H19AlO. The summed E-state index contributed by atoms with van der Waals surface area (Å²) < 4.78 is 5.28. The molecule has 0 amide bonds. The molecule has 1 nitrogen and oxygen atoms in total. The minimum atomic E-state index is 0.419. The van der Waals surface area contributed by atoms with Gasteiger partial charge in [0.1, 0.15) is 0 Å². The molecule has 0 saturated heterocycles. The Labute approximate surface area is 79.3 Å². The highest BCUT2D eigenvalue weighted by molar-refractivity contribution is 5.98. The van der Waals surface area contributed by atoms with Crippen LogP contribution in [-0.4, -0.2) is 22.7 Å². The summed E-state index contributed by atoms with van der Waals surface area (Å²) in [5, 5.41) is 0. The third-order valence-electron chi connectivity index (χ3n) is 2.06. The maximum Gasteiger partial charge on any atom is 0.369 e. The van der Waals surface area contributed by atoms with E-state index >= 15 is 0 Å². The lowest BCUT2D eigenvalue weighted by molar-refractivity contribution is 0.137. The molecule has 2 heteroatoms. The topological polar surface area (TPSA) is 9.23 Å². The van der Waals surface area contributed by atoms with Crippen molar-refractivity contribution in [3.8, 4) is 0 Å². The Morgan fingerprint density at radius 1 is 1.27 bits per heavy atom. The summed E-state index contributed by atoms with van der Waals surface area (Å²) in [4.78, 5) is 0. The van der Waals surface area contributed by atoms with Crippen molar-refractivity contribution in [3.63, 3.8) is 0 Å². The fourth-order valence-electron chi connectivity index (χ4n) is 1.53. The molecule has 0 aromatic rings. The minimum absolute atomic E-state index is 0.419. The van der Waals surface area contributed by atoms with Gasteiger partial charge in [0.2, 0.25) is 0 Å². The quantitative estimate of drug-likeness (QED) is 0.576. The summed E-state index contributed by atoms with van der Waals surface area (Å²) in [6, 6.07) is 0. The Morgan fingerprint density at radius 3 is 2.09 bits per heavy atom. The molecular weight excluding hydrogens is 151 g/mol. The van der Waals surface area contributed by atoms with E-state index in [9.17, 15) is 0 Å². The van der Waals surface area contributed by atoms with Crippen LogP contribution in [0.15, 0.2) is 0 Å². The average Bonchev–Trinajstić information content (AvgIpc) is 1.88. The Balaban J connectivity index is 3.68. The van der Waals surface area contributed by atoms with E-state index < -0.39 is 0 Å². The van der Waals surface area contributed by atoms with Crippen molar-refractivity contribution in [2.24, 2.45) is 11.8 Å². The van der Waals surface area contributed by atoms with Gasteiger partial charge in [-0.15, -0.1) is 0 Å². The van der Waals surface area contributed by atoms with Crippen molar-refractivity contribution >= 4 is 16.6 Å². The second kappa shape index (κ2) is 6.06. The Kier molecular flexibility index (Phi) is 6.33. The number of rotatable bonds is 5. The Bertz CT molecular complexity index is 89.6. The van der Waals surface area contributed by atoms with Crippen molar-refractivity contribution in [1.82, 2.24) is 0 Å². The summed E-state index contributed by atoms with van der Waals surface area (Å²) >= 11 is 2.37. The lowest BCUT2D eigenvalue weighted by Gasteiger charge is -2.24. The maximum absolute atomic E-state index is 5.28. The summed E-state index contributed by atoms with van der Waals surface area (Å²) in [5.74, 6) is 1.46. The standard InChI is InChI=1S/C9H19O.Al/c1-5-9(10)8(4)6-7(2)3;/h7-9H,5-6H2,1-4H3;/q-1;+1. The predicted octanol–water partition coefficient (Wildman–Crippen LogP) is 2.55. The van der Waals surface area contributed by atoms with Crippen LogP contribution in [0.3, 0.4) is 0 Å². The zero-order valence-electron chi connectivity index (χ0n) is 8.13. The van der Waals surface area contributed by atoms with Gasteiger partial charge < -0.3 is 3.79 Å². The lowest BCUT2D eigenvalue weighted by atomic mass is 9.93. The largest absolute Gasteiger partial charge is 0.514 e. The maximum atomic E-state index is 5.28. The molecule has 2 radical (unpaired) electrons. The summed E-state index contributed by atoms with van der Waals surface area (Å²) in [6.45, 7) is 8.95. The van der Waals surface area contributed by atoms with Crippen LogP contribution in [0.1, 0.15) is 40.5 Å². The van der Waals surface area contributed by atoms with Crippen LogP contribution in [0.25, 0.3) is 0 Å². The van der Waals surface area contributed by atoms with Crippen LogP contribution in [0.4, 0.5) is 0 Å². The summed E-state index contributed by atoms with van der Waals surface area (Å²) in [7, 11) is 0. The van der Waals surface area contributed by atoms with Gasteiger partial charge in [-0.3, -0.25) is 0 Å². The van der Waals surface area contributed by atoms with Gasteiger partial charge in [-0.2, -0.15) is 0 Å². The first kappa shape index (κ1) is 11.5. The molecule has 2 atom stereocenters. The van der Waals surface area contributed by atoms with Crippen LogP contribution in [0.2, 0.25) is 0 Å². The molecule has 0 bridgehead atoms. The molecule has 2 unspecified atom stereocenters. The van der Waals surface area contributed by atoms with E-state index in [2.05, 4.69) is 44.3 Å². The minimum Gasteiger partial charge on any atom is -0.514 e. The smallest absolute Gasteiger partial charge is 0.369 e. The average molecular weight is 170 g/mol. The number of hydrogen-bond donors (Lipinski definition) is 0. The zero-order valence-corrected chi connectivity index (χ0v) is 9.29. The molecule has 0 aliphatic carbocycles. The van der Waals surface area contributed by atoms with Gasteiger partial charge in [0.15, 0.2) is 0 Å². The van der Waals surface area contributed by atoms with Gasteiger partial charge in [0.25, 0.3) is 0 Å². The molecule has 0 aromatic carbocycles. The first-order chi connectivity index (χ1) is 5.11. The van der Waals surface area contributed by atoms with Crippen molar-refractivity contribution in [2.75, 3.05) is 0 Å². The van der Waals surface area contributed by atoms with Crippen LogP contribution in [-0.2, 0) is 3.79 Å². The first-order valence-corrected chi connectivity index (χ1v) is 4.94. The number of hydrogen-bond acceptors (Lipinski definition) is 1. The van der Waals surface area contributed by atoms with Gasteiger partial charge >= 0.3 is 16.6 Å². The Hall–Kier alpha value is 0.492. The van der Waals surface area contributed by atoms with Gasteiger partial charge in [-0.1, -0.05) is 27.7 Å². The predicted molar refractivity (Wildman–Crippen MR) is 49.5 cm³/mol. The zero-order chi connectivity index (χ0) is 8.85. The van der Waals surface area contributed by atoms with E-state index in [1.807, 2.05) is 0 Å². The third-order valence-corrected chi connectivity index (χ3v) is 2.40.